The molecule has 2 nitrogen and oxygen atoms in total. The Morgan fingerprint density at radius 2 is 1.88 bits per heavy atom. The van der Waals surface area contributed by atoms with Crippen molar-refractivity contribution in [2.45, 2.75) is 39.5 Å². The van der Waals surface area contributed by atoms with E-state index in [1.165, 1.54) is 5.56 Å². The molecule has 0 saturated heterocycles. The number of ketones is 1. The maximum atomic E-state index is 10.0. The number of rotatable bonds is 4. The van der Waals surface area contributed by atoms with Gasteiger partial charge in [0.1, 0.15) is 5.78 Å². The van der Waals surface area contributed by atoms with Crippen molar-refractivity contribution in [1.82, 2.24) is 0 Å². The second-order valence-corrected chi connectivity index (χ2v) is 4.16. The highest BCUT2D eigenvalue weighted by molar-refractivity contribution is 5.75. The van der Waals surface area contributed by atoms with Gasteiger partial charge in [-0.3, -0.25) is 0 Å². The molecule has 1 rings (SSSR count). The van der Waals surface area contributed by atoms with Crippen molar-refractivity contribution in [3.8, 4) is 0 Å². The van der Waals surface area contributed by atoms with E-state index < -0.39 is 0 Å². The molecule has 1 aromatic rings. The largest absolute Gasteiger partial charge is 0.402 e. The molecule has 0 saturated carbocycles. The summed E-state index contributed by atoms with van der Waals surface area (Å²) in [7, 11) is 0. The van der Waals surface area contributed by atoms with Gasteiger partial charge in [-0.15, -0.1) is 0 Å². The zero-order valence-corrected chi connectivity index (χ0v) is 11.1. The van der Waals surface area contributed by atoms with Crippen LogP contribution in [0.3, 0.4) is 0 Å². The Labute approximate surface area is 105 Å². The van der Waals surface area contributed by atoms with E-state index in [4.69, 9.17) is 5.73 Å². The summed E-state index contributed by atoms with van der Waals surface area (Å²) in [4.78, 5) is 10.0. The highest BCUT2D eigenvalue weighted by Crippen LogP contribution is 2.17. The van der Waals surface area contributed by atoms with Gasteiger partial charge in [-0.2, -0.15) is 0 Å². The van der Waals surface area contributed by atoms with Crippen LogP contribution in [0.1, 0.15) is 45.1 Å². The van der Waals surface area contributed by atoms with Crippen molar-refractivity contribution in [1.29, 1.82) is 0 Å². The number of Topliss-reactive ketones (excluding diaryl/α,β-unsaturated/α-hetero) is 1. The smallest absolute Gasteiger partial charge is 0.129 e. The summed E-state index contributed by atoms with van der Waals surface area (Å²) in [5.74, 6) is 0.550. The average Bonchev–Trinajstić information content (AvgIpc) is 2.29. The summed E-state index contributed by atoms with van der Waals surface area (Å²) in [6, 6.07) is 10.1. The summed E-state index contributed by atoms with van der Waals surface area (Å²) >= 11 is 0. The van der Waals surface area contributed by atoms with Gasteiger partial charge in [0.25, 0.3) is 0 Å². The first kappa shape index (κ1) is 15.4. The number of carbonyl (C=O) groups is 1. The van der Waals surface area contributed by atoms with E-state index in [0.29, 0.717) is 0 Å². The summed E-state index contributed by atoms with van der Waals surface area (Å²) in [5, 5.41) is 0. The third-order valence-corrected chi connectivity index (χ3v) is 2.46. The van der Waals surface area contributed by atoms with E-state index in [1.54, 1.807) is 6.92 Å². The monoisotopic (exact) mass is 233 g/mol. The van der Waals surface area contributed by atoms with E-state index in [1.807, 2.05) is 25.1 Å². The second-order valence-electron chi connectivity index (χ2n) is 4.16. The molecule has 0 spiro atoms. The van der Waals surface area contributed by atoms with Crippen molar-refractivity contribution in [3.63, 3.8) is 0 Å². The fourth-order valence-electron chi connectivity index (χ4n) is 1.31. The van der Waals surface area contributed by atoms with Crippen LogP contribution in [-0.4, -0.2) is 5.78 Å². The Hall–Kier alpha value is -1.57. The lowest BCUT2D eigenvalue weighted by atomic mass is 9.99. The maximum absolute atomic E-state index is 10.0. The molecule has 2 heteroatoms. The summed E-state index contributed by atoms with van der Waals surface area (Å²) in [6.07, 6.45) is 1.72. The van der Waals surface area contributed by atoms with Crippen molar-refractivity contribution < 1.29 is 4.79 Å². The Morgan fingerprint density at radius 3 is 2.18 bits per heavy atom. The highest BCUT2D eigenvalue weighted by Gasteiger charge is 2.03. The predicted molar refractivity (Wildman–Crippen MR) is 73.8 cm³/mol. The number of hydrogen-bond donors (Lipinski definition) is 1. The molecule has 17 heavy (non-hydrogen) atoms. The van der Waals surface area contributed by atoms with Crippen LogP contribution in [0.4, 0.5) is 0 Å². The van der Waals surface area contributed by atoms with Gasteiger partial charge >= 0.3 is 0 Å². The summed E-state index contributed by atoms with van der Waals surface area (Å²) in [5.41, 5.74) is 7.51. The van der Waals surface area contributed by atoms with Gasteiger partial charge < -0.3 is 10.5 Å². The van der Waals surface area contributed by atoms with Gasteiger partial charge in [-0.05, 0) is 18.9 Å². The Bertz CT molecular complexity index is 343. The van der Waals surface area contributed by atoms with Crippen molar-refractivity contribution >= 4 is 5.78 Å². The molecule has 0 aliphatic rings. The summed E-state index contributed by atoms with van der Waals surface area (Å²) in [6.45, 7) is 9.38. The van der Waals surface area contributed by atoms with Crippen LogP contribution in [0.5, 0.6) is 0 Å². The minimum Gasteiger partial charge on any atom is -0.402 e. The van der Waals surface area contributed by atoms with Crippen LogP contribution >= 0.6 is 0 Å². The number of allylic oxidation sites excluding steroid dienone is 1. The average molecular weight is 233 g/mol. The fourth-order valence-corrected chi connectivity index (χ4v) is 1.31. The third kappa shape index (κ3) is 7.34. The first-order chi connectivity index (χ1) is 7.99. The lowest BCUT2D eigenvalue weighted by Crippen LogP contribution is -2.04. The number of nitrogens with two attached hydrogens (primary N) is 1. The highest BCUT2D eigenvalue weighted by atomic mass is 16.1. The number of hydrogen-bond acceptors (Lipinski definition) is 2. The molecule has 0 heterocycles. The fraction of sp³-hybridized carbons (Fsp3) is 0.400. The van der Waals surface area contributed by atoms with Gasteiger partial charge in [0.2, 0.25) is 0 Å². The Balaban J connectivity index is 0.000000366. The van der Waals surface area contributed by atoms with Crippen LogP contribution in [0.25, 0.3) is 0 Å². The quantitative estimate of drug-likeness (QED) is 0.862. The van der Waals surface area contributed by atoms with Crippen molar-refractivity contribution in [2.24, 2.45) is 5.73 Å². The zero-order valence-electron chi connectivity index (χ0n) is 11.1. The van der Waals surface area contributed by atoms with E-state index >= 15 is 0 Å². The Kier molecular flexibility index (Phi) is 7.78. The van der Waals surface area contributed by atoms with Crippen LogP contribution in [0.15, 0.2) is 42.6 Å². The van der Waals surface area contributed by atoms with Crippen molar-refractivity contribution in [3.05, 3.63) is 48.2 Å². The van der Waals surface area contributed by atoms with Crippen LogP contribution < -0.4 is 5.73 Å². The van der Waals surface area contributed by atoms with Gasteiger partial charge in [-0.25, -0.2) is 0 Å². The first-order valence-corrected chi connectivity index (χ1v) is 5.97. The normalized spacial score (nSPS) is 11.0. The molecule has 0 aliphatic heterocycles. The van der Waals surface area contributed by atoms with Crippen LogP contribution in [0.2, 0.25) is 0 Å². The molecule has 0 amide bonds. The predicted octanol–water partition coefficient (Wildman–Crippen LogP) is 3.64. The van der Waals surface area contributed by atoms with Gasteiger partial charge in [-0.1, -0.05) is 50.8 Å². The maximum Gasteiger partial charge on any atom is 0.129 e. The molecule has 94 valence electrons. The molecular weight excluding hydrogens is 210 g/mol. The lowest BCUT2D eigenvalue weighted by Gasteiger charge is -2.09. The van der Waals surface area contributed by atoms with Crippen LogP contribution in [-0.2, 0) is 4.79 Å². The van der Waals surface area contributed by atoms with Gasteiger partial charge in [0.15, 0.2) is 0 Å². The zero-order chi connectivity index (χ0) is 13.3. The molecule has 0 aliphatic carbocycles. The molecule has 0 fully saturated rings. The minimum atomic E-state index is 0.260. The molecule has 0 aromatic heterocycles. The van der Waals surface area contributed by atoms with Gasteiger partial charge in [0, 0.05) is 18.0 Å². The molecule has 1 aromatic carbocycles. The van der Waals surface area contributed by atoms with E-state index in [2.05, 4.69) is 25.6 Å². The molecule has 0 unspecified atom stereocenters. The van der Waals surface area contributed by atoms with E-state index in [9.17, 15) is 4.79 Å². The molecular formula is C15H23NO. The lowest BCUT2D eigenvalue weighted by molar-refractivity contribution is -0.117. The molecule has 2 N–H and O–H groups in total. The van der Waals surface area contributed by atoms with Crippen LogP contribution in [0, 0.1) is 0 Å². The second kappa shape index (κ2) is 8.57. The van der Waals surface area contributed by atoms with E-state index in [-0.39, 0.29) is 11.7 Å². The SMILES string of the molecule is C=C(N)[C@@H](C)c1ccccc1.CCCC(C)=O. The number of benzene rings is 1. The van der Waals surface area contributed by atoms with Crippen molar-refractivity contribution in [2.75, 3.05) is 0 Å². The molecule has 1 atom stereocenters. The number of carbonyl (C=O) groups excluding carboxylic acids is 1. The topological polar surface area (TPSA) is 43.1 Å². The van der Waals surface area contributed by atoms with E-state index in [0.717, 1.165) is 18.5 Å². The molecule has 0 bridgehead atoms. The first-order valence-electron chi connectivity index (χ1n) is 5.97. The standard InChI is InChI=1S/C10H13N.C5H10O/c1-8(9(2)11)10-6-4-3-5-7-10;1-3-4-5(2)6/h3-8H,2,11H2,1H3;3-4H2,1-2H3/t8-;/m1./s1. The Morgan fingerprint density at radius 1 is 1.35 bits per heavy atom. The minimum absolute atomic E-state index is 0.260. The molecule has 0 radical (unpaired) electrons. The van der Waals surface area contributed by atoms with Gasteiger partial charge in [0.05, 0.1) is 0 Å². The third-order valence-electron chi connectivity index (χ3n) is 2.46. The summed E-state index contributed by atoms with van der Waals surface area (Å²) < 4.78 is 0.